The van der Waals surface area contributed by atoms with E-state index < -0.39 is 0 Å². The zero-order valence-corrected chi connectivity index (χ0v) is 11.7. The Morgan fingerprint density at radius 3 is 2.50 bits per heavy atom. The van der Waals surface area contributed by atoms with Gasteiger partial charge >= 0.3 is 0 Å². The van der Waals surface area contributed by atoms with Crippen LogP contribution in [0.4, 0.5) is 0 Å². The van der Waals surface area contributed by atoms with Gasteiger partial charge < -0.3 is 4.57 Å². The maximum absolute atomic E-state index is 4.61. The second-order valence-electron chi connectivity index (χ2n) is 4.88. The molecule has 0 amide bonds. The van der Waals surface area contributed by atoms with Crippen molar-refractivity contribution < 1.29 is 0 Å². The van der Waals surface area contributed by atoms with Crippen molar-refractivity contribution in [2.45, 2.75) is 13.0 Å². The fraction of sp³-hybridized carbons (Fsp3) is 0.176. The Balaban J connectivity index is 1.89. The van der Waals surface area contributed by atoms with Gasteiger partial charge in [0.1, 0.15) is 0 Å². The normalized spacial score (nSPS) is 13.1. The van der Waals surface area contributed by atoms with Crippen LogP contribution in [0, 0.1) is 0 Å². The van der Waals surface area contributed by atoms with Gasteiger partial charge in [0.15, 0.2) is 5.82 Å². The Labute approximate surface area is 118 Å². The van der Waals surface area contributed by atoms with E-state index in [1.807, 2.05) is 49.7 Å². The van der Waals surface area contributed by atoms with Crippen LogP contribution in [0.25, 0.3) is 11.0 Å². The summed E-state index contributed by atoms with van der Waals surface area (Å²) in [7, 11) is 2.02. The number of nitrogens with zero attached hydrogens (tertiary/aromatic N) is 3. The summed E-state index contributed by atoms with van der Waals surface area (Å²) < 4.78 is 2.07. The van der Waals surface area contributed by atoms with Crippen molar-refractivity contribution in [1.29, 1.82) is 0 Å². The molecule has 3 aromatic rings. The molecule has 0 saturated heterocycles. The topological polar surface area (TPSA) is 30.2 Å². The number of hydrogen-bond acceptors (Lipinski definition) is 2. The molecule has 0 aliphatic carbocycles. The molecular weight excluding hydrogens is 246 g/mol. The highest BCUT2D eigenvalue weighted by Crippen LogP contribution is 2.17. The third kappa shape index (κ3) is 2.35. The van der Waals surface area contributed by atoms with Gasteiger partial charge in [-0.3, -0.25) is 4.99 Å². The van der Waals surface area contributed by atoms with E-state index in [1.54, 1.807) is 0 Å². The molecule has 3 nitrogen and oxygen atoms in total. The average molecular weight is 263 g/mol. The molecule has 1 unspecified atom stereocenters. The van der Waals surface area contributed by atoms with Gasteiger partial charge in [-0.2, -0.15) is 0 Å². The molecule has 0 radical (unpaired) electrons. The first kappa shape index (κ1) is 12.6. The number of benzene rings is 2. The van der Waals surface area contributed by atoms with Gasteiger partial charge in [0.25, 0.3) is 0 Å². The van der Waals surface area contributed by atoms with E-state index in [9.17, 15) is 0 Å². The molecule has 20 heavy (non-hydrogen) atoms. The van der Waals surface area contributed by atoms with E-state index in [1.165, 1.54) is 5.56 Å². The predicted octanol–water partition coefficient (Wildman–Crippen LogP) is 3.75. The fourth-order valence-corrected chi connectivity index (χ4v) is 2.28. The minimum absolute atomic E-state index is 0.135. The molecule has 0 spiro atoms. The van der Waals surface area contributed by atoms with Crippen LogP contribution in [0.5, 0.6) is 0 Å². The first-order valence-corrected chi connectivity index (χ1v) is 6.75. The van der Waals surface area contributed by atoms with Crippen molar-refractivity contribution in [2.75, 3.05) is 0 Å². The summed E-state index contributed by atoms with van der Waals surface area (Å²) in [4.78, 5) is 9.20. The quantitative estimate of drug-likeness (QED) is 0.662. The third-order valence-corrected chi connectivity index (χ3v) is 3.52. The Bertz CT molecular complexity index is 741. The van der Waals surface area contributed by atoms with E-state index in [-0.39, 0.29) is 6.04 Å². The lowest BCUT2D eigenvalue weighted by Gasteiger charge is -2.05. The Morgan fingerprint density at radius 2 is 1.75 bits per heavy atom. The molecule has 0 bridgehead atoms. The van der Waals surface area contributed by atoms with Crippen molar-refractivity contribution in [3.8, 4) is 0 Å². The van der Waals surface area contributed by atoms with Crippen molar-refractivity contribution in [3.05, 3.63) is 66.0 Å². The lowest BCUT2D eigenvalue weighted by molar-refractivity contribution is 0.820. The summed E-state index contributed by atoms with van der Waals surface area (Å²) in [5.41, 5.74) is 3.34. The monoisotopic (exact) mass is 263 g/mol. The van der Waals surface area contributed by atoms with Crippen LogP contribution in [0.15, 0.2) is 59.6 Å². The summed E-state index contributed by atoms with van der Waals surface area (Å²) in [5.74, 6) is 0.883. The summed E-state index contributed by atoms with van der Waals surface area (Å²) >= 11 is 0. The zero-order valence-electron chi connectivity index (χ0n) is 11.7. The predicted molar refractivity (Wildman–Crippen MR) is 83.2 cm³/mol. The summed E-state index contributed by atoms with van der Waals surface area (Å²) in [6, 6.07) is 18.5. The second-order valence-corrected chi connectivity index (χ2v) is 4.88. The van der Waals surface area contributed by atoms with Gasteiger partial charge in [0.2, 0.25) is 0 Å². The maximum Gasteiger partial charge on any atom is 0.151 e. The molecule has 0 N–H and O–H groups in total. The highest BCUT2D eigenvalue weighted by atomic mass is 15.1. The lowest BCUT2D eigenvalue weighted by atomic mass is 10.1. The number of aromatic nitrogens is 2. The van der Waals surface area contributed by atoms with E-state index in [0.717, 1.165) is 16.9 Å². The molecule has 100 valence electrons. The Kier molecular flexibility index (Phi) is 3.33. The molecule has 0 saturated carbocycles. The molecule has 0 aliphatic rings. The summed E-state index contributed by atoms with van der Waals surface area (Å²) in [6.07, 6.45) is 1.86. The molecule has 1 heterocycles. The summed E-state index contributed by atoms with van der Waals surface area (Å²) in [5, 5.41) is 0. The molecule has 3 heteroatoms. The Morgan fingerprint density at radius 1 is 1.05 bits per heavy atom. The van der Waals surface area contributed by atoms with Crippen LogP contribution in [0.3, 0.4) is 0 Å². The molecule has 1 aromatic heterocycles. The van der Waals surface area contributed by atoms with Gasteiger partial charge in [-0.15, -0.1) is 0 Å². The van der Waals surface area contributed by atoms with E-state index >= 15 is 0 Å². The molecule has 0 fully saturated rings. The van der Waals surface area contributed by atoms with E-state index in [2.05, 4.69) is 39.7 Å². The van der Waals surface area contributed by atoms with Crippen LogP contribution >= 0.6 is 0 Å². The van der Waals surface area contributed by atoms with Gasteiger partial charge in [-0.05, 0) is 24.6 Å². The van der Waals surface area contributed by atoms with Gasteiger partial charge in [0, 0.05) is 7.05 Å². The molecule has 0 aliphatic heterocycles. The first-order valence-electron chi connectivity index (χ1n) is 6.75. The highest BCUT2D eigenvalue weighted by molar-refractivity contribution is 5.84. The second kappa shape index (κ2) is 5.29. The standard InChI is InChI=1S/C17H17N3/c1-13(14-8-4-3-5-9-14)18-12-17-19-15-10-6-7-11-16(15)20(17)2/h3-13H,1-2H3. The average Bonchev–Trinajstić information content (AvgIpc) is 2.83. The molecule has 3 rings (SSSR count). The highest BCUT2D eigenvalue weighted by Gasteiger charge is 2.06. The van der Waals surface area contributed by atoms with Crippen LogP contribution in [0.1, 0.15) is 24.4 Å². The van der Waals surface area contributed by atoms with Crippen molar-refractivity contribution in [2.24, 2.45) is 12.0 Å². The number of aryl methyl sites for hydroxylation is 1. The van der Waals surface area contributed by atoms with Crippen LogP contribution < -0.4 is 0 Å². The first-order chi connectivity index (χ1) is 9.75. The summed E-state index contributed by atoms with van der Waals surface area (Å²) in [6.45, 7) is 2.09. The molecule has 2 aromatic carbocycles. The molecule has 1 atom stereocenters. The number of para-hydroxylation sites is 2. The van der Waals surface area contributed by atoms with Crippen molar-refractivity contribution in [1.82, 2.24) is 9.55 Å². The lowest BCUT2D eigenvalue weighted by Crippen LogP contribution is -1.98. The van der Waals surface area contributed by atoms with Crippen LogP contribution in [0.2, 0.25) is 0 Å². The Hall–Kier alpha value is -2.42. The molecular formula is C17H17N3. The van der Waals surface area contributed by atoms with Crippen LogP contribution in [-0.4, -0.2) is 15.8 Å². The van der Waals surface area contributed by atoms with Crippen molar-refractivity contribution in [3.63, 3.8) is 0 Å². The fourth-order valence-electron chi connectivity index (χ4n) is 2.28. The zero-order chi connectivity index (χ0) is 13.9. The number of imidazole rings is 1. The van der Waals surface area contributed by atoms with Crippen molar-refractivity contribution >= 4 is 17.2 Å². The van der Waals surface area contributed by atoms with Gasteiger partial charge in [-0.1, -0.05) is 42.5 Å². The van der Waals surface area contributed by atoms with Crippen LogP contribution in [-0.2, 0) is 7.05 Å². The third-order valence-electron chi connectivity index (χ3n) is 3.52. The van der Waals surface area contributed by atoms with E-state index in [4.69, 9.17) is 0 Å². The van der Waals surface area contributed by atoms with E-state index in [0.29, 0.717) is 0 Å². The number of hydrogen-bond donors (Lipinski definition) is 0. The smallest absolute Gasteiger partial charge is 0.151 e. The number of aliphatic imine (C=N–C) groups is 1. The SMILES string of the molecule is CC(N=Cc1nc2ccccc2n1C)c1ccccc1. The maximum atomic E-state index is 4.61. The number of fused-ring (bicyclic) bond motifs is 1. The minimum Gasteiger partial charge on any atom is -0.326 e. The van der Waals surface area contributed by atoms with Gasteiger partial charge in [0.05, 0.1) is 23.3 Å². The van der Waals surface area contributed by atoms with Gasteiger partial charge in [-0.25, -0.2) is 4.98 Å². The minimum atomic E-state index is 0.135. The number of rotatable bonds is 3. The largest absolute Gasteiger partial charge is 0.326 e.